The van der Waals surface area contributed by atoms with E-state index in [0.717, 1.165) is 4.90 Å². The summed E-state index contributed by atoms with van der Waals surface area (Å²) >= 11 is 1.57. The second-order valence-corrected chi connectivity index (χ2v) is 5.27. The summed E-state index contributed by atoms with van der Waals surface area (Å²) in [5, 5.41) is 8.70. The lowest BCUT2D eigenvalue weighted by Gasteiger charge is -2.16. The van der Waals surface area contributed by atoms with Crippen LogP contribution in [0.3, 0.4) is 0 Å². The Kier molecular flexibility index (Phi) is 7.06. The zero-order valence-electron chi connectivity index (χ0n) is 10.9. The van der Waals surface area contributed by atoms with Crippen LogP contribution in [-0.2, 0) is 14.3 Å². The molecule has 0 bridgehead atoms. The van der Waals surface area contributed by atoms with E-state index in [0.29, 0.717) is 12.4 Å². The fourth-order valence-corrected chi connectivity index (χ4v) is 2.23. The van der Waals surface area contributed by atoms with E-state index >= 15 is 0 Å². The topological polar surface area (TPSA) is 116 Å². The van der Waals surface area contributed by atoms with Gasteiger partial charge in [0.25, 0.3) is 0 Å². The molecule has 0 radical (unpaired) electrons. The first-order valence-corrected chi connectivity index (χ1v) is 7.06. The van der Waals surface area contributed by atoms with E-state index < -0.39 is 24.0 Å². The van der Waals surface area contributed by atoms with Crippen LogP contribution in [0.25, 0.3) is 0 Å². The van der Waals surface area contributed by atoms with Crippen LogP contribution in [0.15, 0.2) is 35.2 Å². The van der Waals surface area contributed by atoms with Crippen LogP contribution in [0.4, 0.5) is 0 Å². The van der Waals surface area contributed by atoms with Gasteiger partial charge in [0.15, 0.2) is 0 Å². The molecule has 0 fully saturated rings. The maximum atomic E-state index is 11.2. The second-order valence-electron chi connectivity index (χ2n) is 4.10. The highest BCUT2D eigenvalue weighted by Gasteiger charge is 2.23. The van der Waals surface area contributed by atoms with Crippen molar-refractivity contribution in [2.24, 2.45) is 11.5 Å². The molecule has 0 aliphatic heterocycles. The first kappa shape index (κ1) is 16.5. The molecule has 5 N–H and O–H groups in total. The minimum atomic E-state index is -1.18. The molecule has 7 heteroatoms. The van der Waals surface area contributed by atoms with E-state index in [1.165, 1.54) is 0 Å². The third kappa shape index (κ3) is 6.05. The van der Waals surface area contributed by atoms with Crippen LogP contribution in [0.5, 0.6) is 0 Å². The zero-order chi connectivity index (χ0) is 15.0. The molecule has 1 rings (SSSR count). The summed E-state index contributed by atoms with van der Waals surface area (Å²) in [5.41, 5.74) is 10.5. The minimum Gasteiger partial charge on any atom is -0.480 e. The Morgan fingerprint density at radius 1 is 1.30 bits per heavy atom. The minimum absolute atomic E-state index is 0.124. The van der Waals surface area contributed by atoms with Gasteiger partial charge in [0.05, 0.1) is 6.61 Å². The highest BCUT2D eigenvalue weighted by Crippen LogP contribution is 2.16. The van der Waals surface area contributed by atoms with Crippen molar-refractivity contribution in [2.75, 3.05) is 12.4 Å². The Morgan fingerprint density at radius 2 is 1.95 bits per heavy atom. The summed E-state index contributed by atoms with van der Waals surface area (Å²) in [6, 6.07) is 8.57. The third-order valence-electron chi connectivity index (χ3n) is 2.52. The number of amides is 1. The van der Waals surface area contributed by atoms with Gasteiger partial charge >= 0.3 is 5.97 Å². The van der Waals surface area contributed by atoms with Crippen molar-refractivity contribution in [2.45, 2.75) is 23.5 Å². The van der Waals surface area contributed by atoms with Crippen LogP contribution in [-0.4, -0.2) is 41.5 Å². The normalized spacial score (nSPS) is 13.7. The van der Waals surface area contributed by atoms with Gasteiger partial charge in [-0.3, -0.25) is 9.59 Å². The molecule has 2 unspecified atom stereocenters. The Balaban J connectivity index is 2.32. The molecular formula is C13H18N2O4S. The van der Waals surface area contributed by atoms with Crippen LogP contribution >= 0.6 is 11.8 Å². The average molecular weight is 298 g/mol. The molecule has 2 atom stereocenters. The van der Waals surface area contributed by atoms with Gasteiger partial charge in [-0.05, 0) is 12.1 Å². The maximum Gasteiger partial charge on any atom is 0.320 e. The smallest absolute Gasteiger partial charge is 0.320 e. The second kappa shape index (κ2) is 8.57. The summed E-state index contributed by atoms with van der Waals surface area (Å²) < 4.78 is 5.31. The first-order valence-electron chi connectivity index (χ1n) is 6.08. The van der Waals surface area contributed by atoms with E-state index in [9.17, 15) is 9.59 Å². The molecule has 0 aliphatic carbocycles. The molecule has 110 valence electrons. The standard InChI is InChI=1S/C13H18N2O4S/c14-10(13(17)18)8-11(12(15)16)19-6-7-20-9-4-2-1-3-5-9/h1-5,10-11H,6-8,14H2,(H2,15,16)(H,17,18). The lowest BCUT2D eigenvalue weighted by atomic mass is 10.1. The Morgan fingerprint density at radius 3 is 2.50 bits per heavy atom. The SMILES string of the molecule is NC(=O)C(CC(N)C(=O)O)OCCSc1ccccc1. The quantitative estimate of drug-likeness (QED) is 0.450. The van der Waals surface area contributed by atoms with Crippen molar-refractivity contribution in [1.82, 2.24) is 0 Å². The van der Waals surface area contributed by atoms with Gasteiger partial charge in [0, 0.05) is 17.1 Å². The molecule has 0 saturated carbocycles. The third-order valence-corrected chi connectivity index (χ3v) is 3.49. The molecule has 20 heavy (non-hydrogen) atoms. The molecule has 0 saturated heterocycles. The van der Waals surface area contributed by atoms with Gasteiger partial charge in [-0.25, -0.2) is 0 Å². The van der Waals surface area contributed by atoms with Crippen LogP contribution < -0.4 is 11.5 Å². The monoisotopic (exact) mass is 298 g/mol. The molecule has 0 aromatic heterocycles. The maximum absolute atomic E-state index is 11.2. The van der Waals surface area contributed by atoms with Crippen molar-refractivity contribution >= 4 is 23.6 Å². The number of carbonyl (C=O) groups is 2. The lowest BCUT2D eigenvalue weighted by Crippen LogP contribution is -2.41. The number of nitrogens with two attached hydrogens (primary N) is 2. The molecule has 1 amide bonds. The number of benzene rings is 1. The van der Waals surface area contributed by atoms with Crippen LogP contribution in [0.2, 0.25) is 0 Å². The Bertz CT molecular complexity index is 441. The van der Waals surface area contributed by atoms with Crippen molar-refractivity contribution < 1.29 is 19.4 Å². The number of hydrogen-bond acceptors (Lipinski definition) is 5. The summed E-state index contributed by atoms with van der Waals surface area (Å²) in [5.74, 6) is -1.25. The van der Waals surface area contributed by atoms with Crippen LogP contribution in [0.1, 0.15) is 6.42 Å². The molecule has 1 aromatic carbocycles. The number of carbonyl (C=O) groups excluding carboxylic acids is 1. The molecule has 6 nitrogen and oxygen atoms in total. The van der Waals surface area contributed by atoms with Crippen LogP contribution in [0, 0.1) is 0 Å². The van der Waals surface area contributed by atoms with Gasteiger partial charge < -0.3 is 21.3 Å². The van der Waals surface area contributed by atoms with Gasteiger partial charge in [-0.1, -0.05) is 18.2 Å². The molecule has 0 aliphatic rings. The number of aliphatic carboxylic acids is 1. The summed E-state index contributed by atoms with van der Waals surface area (Å²) in [4.78, 5) is 22.9. The number of thioether (sulfide) groups is 1. The van der Waals surface area contributed by atoms with Gasteiger partial charge in [0.1, 0.15) is 12.1 Å². The molecule has 1 aromatic rings. The first-order chi connectivity index (χ1) is 9.50. The summed E-state index contributed by atoms with van der Waals surface area (Å²) in [6.07, 6.45) is -1.10. The largest absolute Gasteiger partial charge is 0.480 e. The number of carboxylic acids is 1. The number of ether oxygens (including phenoxy) is 1. The van der Waals surface area contributed by atoms with Crippen molar-refractivity contribution in [1.29, 1.82) is 0 Å². The molecular weight excluding hydrogens is 280 g/mol. The average Bonchev–Trinajstić information content (AvgIpc) is 2.42. The summed E-state index contributed by atoms with van der Waals surface area (Å²) in [6.45, 7) is 0.291. The van der Waals surface area contributed by atoms with Crippen molar-refractivity contribution in [3.05, 3.63) is 30.3 Å². The van der Waals surface area contributed by atoms with Crippen molar-refractivity contribution in [3.8, 4) is 0 Å². The van der Waals surface area contributed by atoms with E-state index in [4.69, 9.17) is 21.3 Å². The lowest BCUT2D eigenvalue weighted by molar-refractivity contribution is -0.140. The predicted molar refractivity (Wildman–Crippen MR) is 76.3 cm³/mol. The number of rotatable bonds is 9. The molecule has 0 spiro atoms. The van der Waals surface area contributed by atoms with E-state index in [-0.39, 0.29) is 6.42 Å². The fourth-order valence-electron chi connectivity index (χ4n) is 1.46. The van der Waals surface area contributed by atoms with E-state index in [2.05, 4.69) is 0 Å². The van der Waals surface area contributed by atoms with Gasteiger partial charge in [-0.15, -0.1) is 11.8 Å². The highest BCUT2D eigenvalue weighted by molar-refractivity contribution is 7.99. The highest BCUT2D eigenvalue weighted by atomic mass is 32.2. The Hall–Kier alpha value is -1.57. The van der Waals surface area contributed by atoms with E-state index in [1.54, 1.807) is 11.8 Å². The zero-order valence-corrected chi connectivity index (χ0v) is 11.7. The van der Waals surface area contributed by atoms with Crippen molar-refractivity contribution in [3.63, 3.8) is 0 Å². The molecule has 0 heterocycles. The van der Waals surface area contributed by atoms with Gasteiger partial charge in [0.2, 0.25) is 5.91 Å². The number of primary amides is 1. The summed E-state index contributed by atoms with van der Waals surface area (Å²) in [7, 11) is 0. The predicted octanol–water partition coefficient (Wildman–Crippen LogP) is 0.451. The van der Waals surface area contributed by atoms with Gasteiger partial charge in [-0.2, -0.15) is 0 Å². The Labute approximate surface area is 121 Å². The van der Waals surface area contributed by atoms with E-state index in [1.807, 2.05) is 30.3 Å². The number of hydrogen-bond donors (Lipinski definition) is 3. The number of carboxylic acid groups (broad SMARTS) is 1. The fraction of sp³-hybridized carbons (Fsp3) is 0.385.